The molecule has 1 aromatic rings. The maximum absolute atomic E-state index is 9.24. The molecule has 1 heterocycles. The van der Waals surface area contributed by atoms with E-state index in [9.17, 15) is 5.11 Å². The molecule has 0 aromatic heterocycles. The van der Waals surface area contributed by atoms with Crippen LogP contribution in [0.1, 0.15) is 18.1 Å². The van der Waals surface area contributed by atoms with Crippen LogP contribution in [0.25, 0.3) is 0 Å². The van der Waals surface area contributed by atoms with Crippen LogP contribution in [-0.2, 0) is 13.2 Å². The second-order valence-corrected chi connectivity index (χ2v) is 5.01. The van der Waals surface area contributed by atoms with Gasteiger partial charge in [-0.25, -0.2) is 0 Å². The summed E-state index contributed by atoms with van der Waals surface area (Å²) in [5, 5.41) is 9.24. The van der Waals surface area contributed by atoms with Crippen molar-refractivity contribution in [2.75, 3.05) is 39.8 Å². The molecule has 1 aliphatic rings. The van der Waals surface area contributed by atoms with Gasteiger partial charge in [0.2, 0.25) is 0 Å². The maximum Gasteiger partial charge on any atom is 0.123 e. The fraction of sp³-hybridized carbons (Fsp3) is 0.600. The monoisotopic (exact) mass is 264 g/mol. The van der Waals surface area contributed by atoms with Gasteiger partial charge in [-0.1, -0.05) is 13.0 Å². The fourth-order valence-corrected chi connectivity index (χ4v) is 2.56. The third-order valence-corrected chi connectivity index (χ3v) is 3.83. The predicted molar refractivity (Wildman–Crippen MR) is 76.3 cm³/mol. The number of piperazine rings is 1. The molecule has 4 nitrogen and oxygen atoms in total. The van der Waals surface area contributed by atoms with Crippen molar-refractivity contribution in [1.29, 1.82) is 0 Å². The van der Waals surface area contributed by atoms with Gasteiger partial charge < -0.3 is 14.7 Å². The van der Waals surface area contributed by atoms with Gasteiger partial charge in [0.25, 0.3) is 0 Å². The number of rotatable bonds is 5. The van der Waals surface area contributed by atoms with Gasteiger partial charge in [-0.3, -0.25) is 4.90 Å². The minimum Gasteiger partial charge on any atom is -0.496 e. The molecule has 0 aliphatic carbocycles. The average molecular weight is 264 g/mol. The summed E-state index contributed by atoms with van der Waals surface area (Å²) < 4.78 is 5.41. The molecule has 0 spiro atoms. The lowest BCUT2D eigenvalue weighted by Crippen LogP contribution is -2.45. The van der Waals surface area contributed by atoms with Crippen LogP contribution in [0.4, 0.5) is 0 Å². The van der Waals surface area contributed by atoms with Crippen LogP contribution in [0.15, 0.2) is 18.2 Å². The molecule has 106 valence electrons. The molecular weight excluding hydrogens is 240 g/mol. The number of hydrogen-bond acceptors (Lipinski definition) is 4. The summed E-state index contributed by atoms with van der Waals surface area (Å²) in [6.07, 6.45) is 0. The van der Waals surface area contributed by atoms with E-state index in [1.807, 2.05) is 18.2 Å². The number of nitrogens with zero attached hydrogens (tertiary/aromatic N) is 2. The number of aliphatic hydroxyl groups is 1. The lowest BCUT2D eigenvalue weighted by Gasteiger charge is -2.34. The van der Waals surface area contributed by atoms with E-state index in [2.05, 4.69) is 16.7 Å². The van der Waals surface area contributed by atoms with Gasteiger partial charge in [0, 0.05) is 38.3 Å². The number of likely N-dealkylation sites (N-methyl/N-ethyl adjacent to an activating group) is 1. The van der Waals surface area contributed by atoms with Crippen LogP contribution in [0.5, 0.6) is 5.75 Å². The van der Waals surface area contributed by atoms with Crippen LogP contribution in [0.2, 0.25) is 0 Å². The Morgan fingerprint density at radius 1 is 1.16 bits per heavy atom. The maximum atomic E-state index is 9.24. The number of ether oxygens (including phenoxy) is 1. The molecule has 0 atom stereocenters. The zero-order chi connectivity index (χ0) is 13.7. The van der Waals surface area contributed by atoms with Crippen molar-refractivity contribution in [2.45, 2.75) is 20.1 Å². The van der Waals surface area contributed by atoms with Gasteiger partial charge in [-0.15, -0.1) is 0 Å². The first-order valence-electron chi connectivity index (χ1n) is 6.98. The lowest BCUT2D eigenvalue weighted by atomic mass is 10.1. The van der Waals surface area contributed by atoms with Crippen molar-refractivity contribution in [3.05, 3.63) is 29.3 Å². The van der Waals surface area contributed by atoms with E-state index in [0.29, 0.717) is 0 Å². The number of methoxy groups -OCH3 is 1. The first-order chi connectivity index (χ1) is 9.26. The van der Waals surface area contributed by atoms with Crippen molar-refractivity contribution >= 4 is 0 Å². The number of aliphatic hydroxyl groups excluding tert-OH is 1. The van der Waals surface area contributed by atoms with Crippen molar-refractivity contribution in [3.63, 3.8) is 0 Å². The Morgan fingerprint density at radius 3 is 2.42 bits per heavy atom. The van der Waals surface area contributed by atoms with Crippen LogP contribution in [0, 0.1) is 0 Å². The lowest BCUT2D eigenvalue weighted by molar-refractivity contribution is 0.131. The second-order valence-electron chi connectivity index (χ2n) is 5.01. The molecule has 2 rings (SSSR count). The van der Waals surface area contributed by atoms with Crippen molar-refractivity contribution in [3.8, 4) is 5.75 Å². The quantitative estimate of drug-likeness (QED) is 0.870. The Labute approximate surface area is 115 Å². The molecule has 0 amide bonds. The van der Waals surface area contributed by atoms with Gasteiger partial charge >= 0.3 is 0 Å². The van der Waals surface area contributed by atoms with E-state index in [4.69, 9.17) is 4.74 Å². The summed E-state index contributed by atoms with van der Waals surface area (Å²) >= 11 is 0. The molecule has 0 unspecified atom stereocenters. The molecule has 19 heavy (non-hydrogen) atoms. The Morgan fingerprint density at radius 2 is 1.84 bits per heavy atom. The number of benzene rings is 1. The van der Waals surface area contributed by atoms with Gasteiger partial charge in [0.05, 0.1) is 13.7 Å². The highest BCUT2D eigenvalue weighted by atomic mass is 16.5. The van der Waals surface area contributed by atoms with Gasteiger partial charge in [-0.2, -0.15) is 0 Å². The van der Waals surface area contributed by atoms with E-state index in [-0.39, 0.29) is 6.61 Å². The highest BCUT2D eigenvalue weighted by Crippen LogP contribution is 2.22. The third kappa shape index (κ3) is 3.69. The first-order valence-corrected chi connectivity index (χ1v) is 6.98. The first kappa shape index (κ1) is 14.3. The molecular formula is C15H24N2O2. The van der Waals surface area contributed by atoms with Crippen molar-refractivity contribution in [1.82, 2.24) is 9.80 Å². The zero-order valence-electron chi connectivity index (χ0n) is 11.9. The Hall–Kier alpha value is -1.10. The fourth-order valence-electron chi connectivity index (χ4n) is 2.56. The van der Waals surface area contributed by atoms with Crippen LogP contribution >= 0.6 is 0 Å². The van der Waals surface area contributed by atoms with Gasteiger partial charge in [0.15, 0.2) is 0 Å². The zero-order valence-corrected chi connectivity index (χ0v) is 11.9. The van der Waals surface area contributed by atoms with Crippen LogP contribution in [0.3, 0.4) is 0 Å². The molecule has 0 radical (unpaired) electrons. The second kappa shape index (κ2) is 6.89. The Bertz CT molecular complexity index is 401. The van der Waals surface area contributed by atoms with E-state index >= 15 is 0 Å². The number of hydrogen-bond donors (Lipinski definition) is 1. The molecule has 0 saturated carbocycles. The highest BCUT2D eigenvalue weighted by Gasteiger charge is 2.17. The molecule has 1 fully saturated rings. The van der Waals surface area contributed by atoms with E-state index < -0.39 is 0 Å². The van der Waals surface area contributed by atoms with Gasteiger partial charge in [0.1, 0.15) is 5.75 Å². The SMILES string of the molecule is CCN1CCN(Cc2cc(CO)ccc2OC)CC1. The minimum absolute atomic E-state index is 0.0839. The molecule has 1 N–H and O–H groups in total. The van der Waals surface area contributed by atoms with E-state index in [0.717, 1.165) is 50.6 Å². The van der Waals surface area contributed by atoms with E-state index in [1.54, 1.807) is 7.11 Å². The molecule has 4 heteroatoms. The van der Waals surface area contributed by atoms with Crippen molar-refractivity contribution < 1.29 is 9.84 Å². The Balaban J connectivity index is 2.02. The van der Waals surface area contributed by atoms with Crippen LogP contribution < -0.4 is 4.74 Å². The largest absolute Gasteiger partial charge is 0.496 e. The highest BCUT2D eigenvalue weighted by molar-refractivity contribution is 5.37. The smallest absolute Gasteiger partial charge is 0.123 e. The summed E-state index contributed by atoms with van der Waals surface area (Å²) in [6.45, 7) is 8.80. The summed E-state index contributed by atoms with van der Waals surface area (Å²) in [4.78, 5) is 4.92. The summed E-state index contributed by atoms with van der Waals surface area (Å²) in [7, 11) is 1.70. The molecule has 0 bridgehead atoms. The van der Waals surface area contributed by atoms with Crippen molar-refractivity contribution in [2.24, 2.45) is 0 Å². The summed E-state index contributed by atoms with van der Waals surface area (Å²) in [5.41, 5.74) is 2.11. The Kier molecular flexibility index (Phi) is 5.19. The molecule has 1 aromatic carbocycles. The predicted octanol–water partition coefficient (Wildman–Crippen LogP) is 1.32. The standard InChI is InChI=1S/C15H24N2O2/c1-3-16-6-8-17(9-7-16)11-14-10-13(12-18)4-5-15(14)19-2/h4-5,10,18H,3,6-9,11-12H2,1-2H3. The summed E-state index contributed by atoms with van der Waals surface area (Å²) in [6, 6.07) is 5.91. The van der Waals surface area contributed by atoms with Gasteiger partial charge in [-0.05, 0) is 24.2 Å². The minimum atomic E-state index is 0.0839. The normalized spacial score (nSPS) is 17.6. The molecule has 1 aliphatic heterocycles. The average Bonchev–Trinajstić information content (AvgIpc) is 2.48. The van der Waals surface area contributed by atoms with E-state index in [1.165, 1.54) is 5.56 Å². The van der Waals surface area contributed by atoms with Crippen LogP contribution in [-0.4, -0.2) is 54.7 Å². The topological polar surface area (TPSA) is 35.9 Å². The molecule has 1 saturated heterocycles. The third-order valence-electron chi connectivity index (χ3n) is 3.83. The summed E-state index contributed by atoms with van der Waals surface area (Å²) in [5.74, 6) is 0.912.